The summed E-state index contributed by atoms with van der Waals surface area (Å²) in [6, 6.07) is 15.6. The number of carbonyl (C=O) groups is 1. The van der Waals surface area contributed by atoms with Gasteiger partial charge in [-0.25, -0.2) is 0 Å². The van der Waals surface area contributed by atoms with E-state index in [4.69, 9.17) is 5.73 Å². The molecule has 4 N–H and O–H groups in total. The van der Waals surface area contributed by atoms with Crippen molar-refractivity contribution < 1.29 is 4.79 Å². The molecule has 132 valence electrons. The number of halogens is 1. The van der Waals surface area contributed by atoms with Gasteiger partial charge < -0.3 is 16.0 Å². The van der Waals surface area contributed by atoms with Crippen LogP contribution in [0.3, 0.4) is 0 Å². The Bertz CT molecular complexity index is 829. The molecule has 1 aromatic heterocycles. The minimum absolute atomic E-state index is 0. The van der Waals surface area contributed by atoms with Gasteiger partial charge >= 0.3 is 0 Å². The topological polar surface area (TPSA) is 70.9 Å². The average molecular weight is 358 g/mol. The summed E-state index contributed by atoms with van der Waals surface area (Å²) in [5, 5.41) is 4.20. The third-order valence-electron chi connectivity index (χ3n) is 4.32. The number of aryl methyl sites for hydroxylation is 1. The van der Waals surface area contributed by atoms with Crippen molar-refractivity contribution in [2.75, 3.05) is 6.54 Å². The number of H-pyrrole nitrogens is 1. The molecule has 0 saturated carbocycles. The zero-order chi connectivity index (χ0) is 16.9. The maximum absolute atomic E-state index is 12.2. The van der Waals surface area contributed by atoms with Crippen molar-refractivity contribution in [2.45, 2.75) is 25.8 Å². The van der Waals surface area contributed by atoms with E-state index in [9.17, 15) is 4.79 Å². The lowest BCUT2D eigenvalue weighted by molar-refractivity contribution is -0.122. The lowest BCUT2D eigenvalue weighted by atomic mass is 10.0. The molecule has 0 radical (unpaired) electrons. The molecule has 3 aromatic rings. The summed E-state index contributed by atoms with van der Waals surface area (Å²) in [7, 11) is 0. The van der Waals surface area contributed by atoms with E-state index in [1.807, 2.05) is 42.6 Å². The van der Waals surface area contributed by atoms with Gasteiger partial charge in [-0.15, -0.1) is 12.4 Å². The number of nitrogens with two attached hydrogens (primary N) is 1. The van der Waals surface area contributed by atoms with E-state index < -0.39 is 6.04 Å². The highest BCUT2D eigenvalue weighted by Crippen LogP contribution is 2.22. The molecule has 3 rings (SSSR count). The van der Waals surface area contributed by atoms with Crippen molar-refractivity contribution in [1.82, 2.24) is 10.3 Å². The van der Waals surface area contributed by atoms with Crippen molar-refractivity contribution in [2.24, 2.45) is 5.73 Å². The monoisotopic (exact) mass is 357 g/mol. The molecular formula is C20H24ClN3O. The number of benzene rings is 2. The van der Waals surface area contributed by atoms with Gasteiger partial charge in [0.25, 0.3) is 0 Å². The number of fused-ring (bicyclic) bond motifs is 1. The minimum Gasteiger partial charge on any atom is -0.361 e. The van der Waals surface area contributed by atoms with Crippen molar-refractivity contribution in [3.63, 3.8) is 0 Å². The lowest BCUT2D eigenvalue weighted by Crippen LogP contribution is -2.42. The number of amides is 1. The number of hydrogen-bond acceptors (Lipinski definition) is 2. The summed E-state index contributed by atoms with van der Waals surface area (Å²) in [5.74, 6) is -0.101. The summed E-state index contributed by atoms with van der Waals surface area (Å²) in [5.41, 5.74) is 10.7. The van der Waals surface area contributed by atoms with Gasteiger partial charge in [0.1, 0.15) is 0 Å². The van der Waals surface area contributed by atoms with E-state index in [-0.39, 0.29) is 18.3 Å². The summed E-state index contributed by atoms with van der Waals surface area (Å²) in [4.78, 5) is 15.4. The Morgan fingerprint density at radius 2 is 1.92 bits per heavy atom. The second-order valence-corrected chi connectivity index (χ2v) is 6.15. The van der Waals surface area contributed by atoms with Crippen molar-refractivity contribution in [1.29, 1.82) is 0 Å². The first-order valence-corrected chi connectivity index (χ1v) is 8.28. The second-order valence-electron chi connectivity index (χ2n) is 6.15. The fraction of sp³-hybridized carbons (Fsp3) is 0.250. The smallest absolute Gasteiger partial charge is 0.237 e. The maximum Gasteiger partial charge on any atom is 0.237 e. The number of nitrogens with one attached hydrogen (secondary N) is 2. The van der Waals surface area contributed by atoms with Crippen LogP contribution in [0, 0.1) is 6.92 Å². The highest BCUT2D eigenvalue weighted by molar-refractivity contribution is 5.86. The van der Waals surface area contributed by atoms with Crippen LogP contribution in [0.15, 0.2) is 54.7 Å². The van der Waals surface area contributed by atoms with Gasteiger partial charge in [0.05, 0.1) is 6.04 Å². The highest BCUT2D eigenvalue weighted by atomic mass is 35.5. The Morgan fingerprint density at radius 1 is 1.16 bits per heavy atom. The molecule has 0 unspecified atom stereocenters. The molecule has 4 nitrogen and oxygen atoms in total. The van der Waals surface area contributed by atoms with Crippen LogP contribution in [0.4, 0.5) is 0 Å². The zero-order valence-corrected chi connectivity index (χ0v) is 15.1. The van der Waals surface area contributed by atoms with E-state index in [1.54, 1.807) is 0 Å². The minimum atomic E-state index is -0.517. The first-order chi connectivity index (χ1) is 11.6. The molecule has 1 amide bonds. The quantitative estimate of drug-likeness (QED) is 0.634. The van der Waals surface area contributed by atoms with Gasteiger partial charge in [0, 0.05) is 23.6 Å². The summed E-state index contributed by atoms with van der Waals surface area (Å²) < 4.78 is 0. The number of aromatic nitrogens is 1. The Kier molecular flexibility index (Phi) is 6.62. The first-order valence-electron chi connectivity index (χ1n) is 8.28. The first kappa shape index (κ1) is 19.0. The van der Waals surface area contributed by atoms with Crippen LogP contribution < -0.4 is 11.1 Å². The van der Waals surface area contributed by atoms with Crippen molar-refractivity contribution >= 4 is 29.2 Å². The van der Waals surface area contributed by atoms with Gasteiger partial charge in [0.2, 0.25) is 5.91 Å². The van der Waals surface area contributed by atoms with Crippen LogP contribution >= 0.6 is 12.4 Å². The average Bonchev–Trinajstić information content (AvgIpc) is 3.00. The number of rotatable bonds is 6. The molecule has 0 aliphatic carbocycles. The Balaban J connectivity index is 0.00000225. The molecule has 0 saturated heterocycles. The third kappa shape index (κ3) is 4.62. The summed E-state index contributed by atoms with van der Waals surface area (Å²) in [6.45, 7) is 2.69. The Labute approximate surface area is 154 Å². The molecule has 0 aliphatic heterocycles. The van der Waals surface area contributed by atoms with Gasteiger partial charge in [0.15, 0.2) is 0 Å². The van der Waals surface area contributed by atoms with Crippen LogP contribution in [0.2, 0.25) is 0 Å². The number of aromatic amines is 1. The fourth-order valence-corrected chi connectivity index (χ4v) is 3.06. The molecular weight excluding hydrogens is 334 g/mol. The van der Waals surface area contributed by atoms with Crippen LogP contribution in [0.1, 0.15) is 16.7 Å². The largest absolute Gasteiger partial charge is 0.361 e. The van der Waals surface area contributed by atoms with E-state index in [0.29, 0.717) is 13.0 Å². The Hall–Kier alpha value is -2.30. The van der Waals surface area contributed by atoms with Gasteiger partial charge in [-0.1, -0.05) is 42.5 Å². The van der Waals surface area contributed by atoms with E-state index in [1.165, 1.54) is 16.5 Å². The van der Waals surface area contributed by atoms with Crippen molar-refractivity contribution in [3.05, 3.63) is 71.4 Å². The standard InChI is InChI=1S/C20H23N3O.ClH/c1-14-6-5-9-18-19(14)16(13-23-18)10-11-22-20(24)17(21)12-15-7-3-2-4-8-15;/h2-9,13,17,23H,10-12,21H2,1H3,(H,22,24);1H/t17-;/m0./s1. The molecule has 0 spiro atoms. The molecule has 2 aromatic carbocycles. The molecule has 25 heavy (non-hydrogen) atoms. The van der Waals surface area contributed by atoms with Crippen molar-refractivity contribution in [3.8, 4) is 0 Å². The van der Waals surface area contributed by atoms with Crippen LogP contribution in [0.5, 0.6) is 0 Å². The predicted octanol–water partition coefficient (Wildman–Crippen LogP) is 3.13. The second kappa shape index (κ2) is 8.70. The molecule has 0 fully saturated rings. The zero-order valence-electron chi connectivity index (χ0n) is 14.3. The molecule has 1 atom stereocenters. The van der Waals surface area contributed by atoms with Gasteiger partial charge in [-0.3, -0.25) is 4.79 Å². The summed E-state index contributed by atoms with van der Waals surface area (Å²) in [6.07, 6.45) is 3.36. The fourth-order valence-electron chi connectivity index (χ4n) is 3.06. The predicted molar refractivity (Wildman–Crippen MR) is 105 cm³/mol. The number of carbonyl (C=O) groups excluding carboxylic acids is 1. The molecule has 0 aliphatic rings. The molecule has 0 bridgehead atoms. The Morgan fingerprint density at radius 3 is 2.68 bits per heavy atom. The third-order valence-corrected chi connectivity index (χ3v) is 4.32. The lowest BCUT2D eigenvalue weighted by Gasteiger charge is -2.12. The molecule has 5 heteroatoms. The van der Waals surface area contributed by atoms with Gasteiger partial charge in [-0.05, 0) is 42.5 Å². The molecule has 1 heterocycles. The van der Waals surface area contributed by atoms with Gasteiger partial charge in [-0.2, -0.15) is 0 Å². The van der Waals surface area contributed by atoms with E-state index in [0.717, 1.165) is 17.5 Å². The van der Waals surface area contributed by atoms with Crippen LogP contribution in [0.25, 0.3) is 10.9 Å². The van der Waals surface area contributed by atoms with E-state index >= 15 is 0 Å². The SMILES string of the molecule is Cc1cccc2[nH]cc(CCNC(=O)[C@@H](N)Cc3ccccc3)c12.Cl. The van der Waals surface area contributed by atoms with Crippen LogP contribution in [-0.2, 0) is 17.6 Å². The number of hydrogen-bond donors (Lipinski definition) is 3. The maximum atomic E-state index is 12.2. The highest BCUT2D eigenvalue weighted by Gasteiger charge is 2.14. The van der Waals surface area contributed by atoms with Crippen LogP contribution in [-0.4, -0.2) is 23.5 Å². The summed E-state index contributed by atoms with van der Waals surface area (Å²) >= 11 is 0. The van der Waals surface area contributed by atoms with E-state index in [2.05, 4.69) is 29.4 Å². The normalized spacial score (nSPS) is 11.8.